The molecule has 0 aliphatic rings. The van der Waals surface area contributed by atoms with E-state index in [1.807, 2.05) is 24.9 Å². The first-order valence-electron chi connectivity index (χ1n) is 6.18. The fourth-order valence-electron chi connectivity index (χ4n) is 1.92. The second kappa shape index (κ2) is 5.61. The van der Waals surface area contributed by atoms with E-state index in [0.29, 0.717) is 12.2 Å². The summed E-state index contributed by atoms with van der Waals surface area (Å²) in [5.41, 5.74) is 9.80. The molecule has 2 heterocycles. The third-order valence-electron chi connectivity index (χ3n) is 3.08. The molecular formula is C13H18BrN5. The van der Waals surface area contributed by atoms with E-state index in [2.05, 4.69) is 38.3 Å². The summed E-state index contributed by atoms with van der Waals surface area (Å²) in [7, 11) is 1.93. The molecule has 0 radical (unpaired) electrons. The summed E-state index contributed by atoms with van der Waals surface area (Å²) in [6.45, 7) is 4.77. The van der Waals surface area contributed by atoms with Crippen LogP contribution in [0.1, 0.15) is 23.7 Å². The van der Waals surface area contributed by atoms with E-state index in [-0.39, 0.29) is 0 Å². The number of anilines is 2. The van der Waals surface area contributed by atoms with Crippen LogP contribution in [0.4, 0.5) is 11.5 Å². The Bertz CT molecular complexity index is 591. The summed E-state index contributed by atoms with van der Waals surface area (Å²) in [5.74, 6) is 0.803. The number of nitrogens with two attached hydrogens (primary N) is 1. The van der Waals surface area contributed by atoms with Crippen LogP contribution in [0.2, 0.25) is 0 Å². The summed E-state index contributed by atoms with van der Waals surface area (Å²) in [4.78, 5) is 4.31. The number of pyridine rings is 1. The average molecular weight is 324 g/mol. The van der Waals surface area contributed by atoms with Crippen LogP contribution in [0.5, 0.6) is 0 Å². The molecule has 0 amide bonds. The van der Waals surface area contributed by atoms with E-state index >= 15 is 0 Å². The Balaban J connectivity index is 2.17. The third kappa shape index (κ3) is 2.89. The zero-order valence-electron chi connectivity index (χ0n) is 11.4. The maximum absolute atomic E-state index is 5.81. The van der Waals surface area contributed by atoms with E-state index in [9.17, 15) is 0 Å². The Morgan fingerprint density at radius 2 is 2.21 bits per heavy atom. The first-order valence-corrected chi connectivity index (χ1v) is 6.98. The van der Waals surface area contributed by atoms with Gasteiger partial charge in [-0.15, -0.1) is 0 Å². The molecular weight excluding hydrogens is 306 g/mol. The van der Waals surface area contributed by atoms with Crippen molar-refractivity contribution in [1.82, 2.24) is 14.8 Å². The van der Waals surface area contributed by atoms with Crippen LogP contribution in [0.3, 0.4) is 0 Å². The molecule has 6 heteroatoms. The first-order chi connectivity index (χ1) is 9.02. The number of rotatable bonds is 4. The van der Waals surface area contributed by atoms with Crippen molar-refractivity contribution in [3.63, 3.8) is 0 Å². The molecule has 0 bridgehead atoms. The average Bonchev–Trinajstić information content (AvgIpc) is 2.75. The molecule has 102 valence electrons. The van der Waals surface area contributed by atoms with Crippen LogP contribution >= 0.6 is 15.9 Å². The van der Waals surface area contributed by atoms with Gasteiger partial charge in [0.05, 0.1) is 22.1 Å². The summed E-state index contributed by atoms with van der Waals surface area (Å²) in [5, 5.41) is 7.74. The van der Waals surface area contributed by atoms with Crippen LogP contribution in [0.15, 0.2) is 16.9 Å². The molecule has 0 aliphatic carbocycles. The van der Waals surface area contributed by atoms with Crippen LogP contribution in [-0.2, 0) is 20.0 Å². The Labute approximate surface area is 121 Å². The molecule has 0 spiro atoms. The van der Waals surface area contributed by atoms with Gasteiger partial charge in [0.15, 0.2) is 0 Å². The van der Waals surface area contributed by atoms with Crippen molar-refractivity contribution in [2.24, 2.45) is 7.05 Å². The van der Waals surface area contributed by atoms with Gasteiger partial charge in [-0.1, -0.05) is 6.92 Å². The predicted octanol–water partition coefficient (Wildman–Crippen LogP) is 2.64. The maximum atomic E-state index is 5.81. The molecule has 0 fully saturated rings. The lowest BCUT2D eigenvalue weighted by molar-refractivity contribution is 0.746. The lowest BCUT2D eigenvalue weighted by atomic mass is 10.2. The largest absolute Gasteiger partial charge is 0.397 e. The quantitative estimate of drug-likeness (QED) is 0.907. The Morgan fingerprint density at radius 1 is 1.47 bits per heavy atom. The van der Waals surface area contributed by atoms with Gasteiger partial charge in [0.2, 0.25) is 0 Å². The minimum atomic E-state index is 0.688. The number of hydrogen-bond acceptors (Lipinski definition) is 4. The summed E-state index contributed by atoms with van der Waals surface area (Å²) in [6, 6.07) is 0. The topological polar surface area (TPSA) is 68.8 Å². The molecule has 5 nitrogen and oxygen atoms in total. The zero-order chi connectivity index (χ0) is 14.0. The van der Waals surface area contributed by atoms with Gasteiger partial charge >= 0.3 is 0 Å². The maximum Gasteiger partial charge on any atom is 0.140 e. The Hall–Kier alpha value is -1.56. The van der Waals surface area contributed by atoms with Crippen LogP contribution in [0, 0.1) is 6.92 Å². The van der Waals surface area contributed by atoms with Crippen LogP contribution in [0.25, 0.3) is 0 Å². The van der Waals surface area contributed by atoms with Crippen molar-refractivity contribution in [3.8, 4) is 0 Å². The molecule has 2 aromatic rings. The van der Waals surface area contributed by atoms with Crippen LogP contribution < -0.4 is 11.1 Å². The highest BCUT2D eigenvalue weighted by Gasteiger charge is 2.09. The van der Waals surface area contributed by atoms with Gasteiger partial charge in [0, 0.05) is 25.4 Å². The van der Waals surface area contributed by atoms with Gasteiger partial charge in [-0.25, -0.2) is 4.98 Å². The molecule has 0 saturated carbocycles. The SMILES string of the molecule is CCc1nn(C)cc1CNc1ncc(N)c(C)c1Br. The van der Waals surface area contributed by atoms with E-state index in [1.165, 1.54) is 5.56 Å². The number of nitrogens with zero attached hydrogens (tertiary/aromatic N) is 3. The van der Waals surface area contributed by atoms with Crippen molar-refractivity contribution in [1.29, 1.82) is 0 Å². The number of halogens is 1. The third-order valence-corrected chi connectivity index (χ3v) is 4.05. The van der Waals surface area contributed by atoms with Gasteiger partial charge in [-0.05, 0) is 34.8 Å². The fourth-order valence-corrected chi connectivity index (χ4v) is 2.39. The molecule has 2 aromatic heterocycles. The summed E-state index contributed by atoms with van der Waals surface area (Å²) < 4.78 is 2.75. The lowest BCUT2D eigenvalue weighted by Gasteiger charge is -2.10. The second-order valence-electron chi connectivity index (χ2n) is 4.48. The van der Waals surface area contributed by atoms with Crippen molar-refractivity contribution in [3.05, 3.63) is 33.7 Å². The van der Waals surface area contributed by atoms with Gasteiger partial charge in [-0.2, -0.15) is 5.10 Å². The van der Waals surface area contributed by atoms with E-state index < -0.39 is 0 Å². The number of nitrogens with one attached hydrogen (secondary N) is 1. The normalized spacial score (nSPS) is 10.7. The van der Waals surface area contributed by atoms with E-state index in [1.54, 1.807) is 6.20 Å². The number of aromatic nitrogens is 3. The van der Waals surface area contributed by atoms with Gasteiger partial charge < -0.3 is 11.1 Å². The molecule has 2 rings (SSSR count). The second-order valence-corrected chi connectivity index (χ2v) is 5.28. The zero-order valence-corrected chi connectivity index (χ0v) is 13.0. The highest BCUT2D eigenvalue weighted by Crippen LogP contribution is 2.28. The minimum absolute atomic E-state index is 0.688. The molecule has 0 saturated heterocycles. The number of nitrogen functional groups attached to an aromatic ring is 1. The van der Waals surface area contributed by atoms with E-state index in [4.69, 9.17) is 5.73 Å². The lowest BCUT2D eigenvalue weighted by Crippen LogP contribution is -2.05. The smallest absolute Gasteiger partial charge is 0.140 e. The molecule has 0 aromatic carbocycles. The highest BCUT2D eigenvalue weighted by atomic mass is 79.9. The molecule has 19 heavy (non-hydrogen) atoms. The molecule has 3 N–H and O–H groups in total. The minimum Gasteiger partial charge on any atom is -0.397 e. The molecule has 0 unspecified atom stereocenters. The monoisotopic (exact) mass is 323 g/mol. The van der Waals surface area contributed by atoms with Crippen molar-refractivity contribution >= 4 is 27.4 Å². The van der Waals surface area contributed by atoms with Gasteiger partial charge in [0.25, 0.3) is 0 Å². The molecule has 0 atom stereocenters. The number of hydrogen-bond donors (Lipinski definition) is 2. The Morgan fingerprint density at radius 3 is 2.89 bits per heavy atom. The summed E-state index contributed by atoms with van der Waals surface area (Å²) in [6.07, 6.45) is 4.63. The van der Waals surface area contributed by atoms with Crippen molar-refractivity contribution in [2.75, 3.05) is 11.1 Å². The number of aryl methyl sites for hydroxylation is 2. The molecule has 0 aliphatic heterocycles. The fraction of sp³-hybridized carbons (Fsp3) is 0.385. The Kier molecular flexibility index (Phi) is 4.09. The predicted molar refractivity (Wildman–Crippen MR) is 81.0 cm³/mol. The first kappa shape index (κ1) is 13.9. The summed E-state index contributed by atoms with van der Waals surface area (Å²) >= 11 is 3.52. The van der Waals surface area contributed by atoms with Crippen LogP contribution in [-0.4, -0.2) is 14.8 Å². The van der Waals surface area contributed by atoms with Crippen molar-refractivity contribution in [2.45, 2.75) is 26.8 Å². The highest BCUT2D eigenvalue weighted by molar-refractivity contribution is 9.10. The standard InChI is InChI=1S/C13H18BrN5/c1-4-11-9(7-19(3)18-11)5-16-13-12(14)8(2)10(15)6-17-13/h6-7H,4-5,15H2,1-3H3,(H,16,17). The van der Waals surface area contributed by atoms with Gasteiger partial charge in [0.1, 0.15) is 5.82 Å². The van der Waals surface area contributed by atoms with Gasteiger partial charge in [-0.3, -0.25) is 4.68 Å². The van der Waals surface area contributed by atoms with E-state index in [0.717, 1.165) is 28.0 Å². The van der Waals surface area contributed by atoms with Crippen molar-refractivity contribution < 1.29 is 0 Å².